The van der Waals surface area contributed by atoms with Crippen LogP contribution in [0.25, 0.3) is 0 Å². The van der Waals surface area contributed by atoms with Crippen molar-refractivity contribution in [2.24, 2.45) is 0 Å². The molecule has 0 saturated carbocycles. The van der Waals surface area contributed by atoms with Crippen LogP contribution in [-0.2, 0) is 0 Å². The first-order valence-electron chi connectivity index (χ1n) is 16.0. The van der Waals surface area contributed by atoms with E-state index in [1.807, 2.05) is 0 Å². The number of rotatable bonds is 6. The second-order valence-electron chi connectivity index (χ2n) is 15.3. The van der Waals surface area contributed by atoms with Gasteiger partial charge in [0, 0.05) is 0 Å². The molecule has 3 aromatic carbocycles. The summed E-state index contributed by atoms with van der Waals surface area (Å²) in [6, 6.07) is 33.4. The van der Waals surface area contributed by atoms with Gasteiger partial charge in [-0.05, 0) is 0 Å². The van der Waals surface area contributed by atoms with Gasteiger partial charge in [0.1, 0.15) is 0 Å². The van der Waals surface area contributed by atoms with Crippen molar-refractivity contribution in [3.8, 4) is 0 Å². The molecular formula is C39H66As3+3. The van der Waals surface area contributed by atoms with Gasteiger partial charge in [-0.3, -0.25) is 0 Å². The Labute approximate surface area is 271 Å². The van der Waals surface area contributed by atoms with E-state index in [1.165, 1.54) is 28.7 Å². The summed E-state index contributed by atoms with van der Waals surface area (Å²) in [5, 5.41) is 4.44. The van der Waals surface area contributed by atoms with Crippen molar-refractivity contribution < 1.29 is 0 Å². The van der Waals surface area contributed by atoms with Crippen molar-refractivity contribution in [1.29, 1.82) is 0 Å². The maximum atomic E-state index is 2.44. The Kier molecular flexibility index (Phi) is 15.1. The molecular weight excluding hydrogens is 693 g/mol. The van der Waals surface area contributed by atoms with Crippen LogP contribution >= 0.6 is 0 Å². The van der Waals surface area contributed by atoms with Crippen LogP contribution in [0.2, 0.25) is 45.4 Å². The fourth-order valence-corrected chi connectivity index (χ4v) is 25.1. The van der Waals surface area contributed by atoms with Crippen LogP contribution in [-0.4, -0.2) is 40.7 Å². The van der Waals surface area contributed by atoms with E-state index in [9.17, 15) is 0 Å². The second-order valence-corrected chi connectivity index (χ2v) is 47.0. The van der Waals surface area contributed by atoms with Gasteiger partial charge in [0.05, 0.1) is 0 Å². The average molecular weight is 760 g/mol. The molecule has 0 radical (unpaired) electrons. The SMILES string of the molecule is CC(C)(C)[As+](C)(C)C.CC(C)(C)[As+](c1ccccc1)(c1ccccc1)c1ccccc1.CC[As+](CC)(CC)C(C)(C)C. The number of hydrogen-bond donors (Lipinski definition) is 0. The zero-order chi connectivity index (χ0) is 32.5. The van der Waals surface area contributed by atoms with E-state index >= 15 is 0 Å². The van der Waals surface area contributed by atoms with Gasteiger partial charge in [0.2, 0.25) is 0 Å². The third-order valence-electron chi connectivity index (χ3n) is 9.69. The number of hydrogen-bond acceptors (Lipinski definition) is 0. The molecule has 3 rings (SSSR count). The predicted molar refractivity (Wildman–Crippen MR) is 204 cm³/mol. The molecule has 0 aromatic heterocycles. The fourth-order valence-electron chi connectivity index (χ4n) is 5.66. The van der Waals surface area contributed by atoms with E-state index in [-0.39, 0.29) is 4.20 Å². The third-order valence-corrected chi connectivity index (χ3v) is 42.7. The number of benzene rings is 3. The van der Waals surface area contributed by atoms with Gasteiger partial charge in [-0.1, -0.05) is 0 Å². The third kappa shape index (κ3) is 9.67. The molecule has 234 valence electrons. The van der Waals surface area contributed by atoms with Crippen LogP contribution in [0.5, 0.6) is 0 Å². The summed E-state index contributed by atoms with van der Waals surface area (Å²) in [6.45, 7) is 28.8. The Bertz CT molecular complexity index is 1020. The first-order chi connectivity index (χ1) is 19.2. The van der Waals surface area contributed by atoms with E-state index in [0.717, 1.165) is 0 Å². The van der Waals surface area contributed by atoms with Crippen LogP contribution < -0.4 is 13.1 Å². The average Bonchev–Trinajstić information content (AvgIpc) is 2.90. The van der Waals surface area contributed by atoms with Gasteiger partial charge in [0.15, 0.2) is 0 Å². The molecule has 0 saturated heterocycles. The predicted octanol–water partition coefficient (Wildman–Crippen LogP) is 11.4. The molecule has 42 heavy (non-hydrogen) atoms. The van der Waals surface area contributed by atoms with Crippen molar-refractivity contribution in [1.82, 2.24) is 0 Å². The normalized spacial score (nSPS) is 12.9. The minimum absolute atomic E-state index is 0.197. The summed E-state index contributed by atoms with van der Waals surface area (Å²) in [6.07, 6.45) is 0. The Morgan fingerprint density at radius 2 is 0.643 bits per heavy atom. The molecule has 0 amide bonds. The van der Waals surface area contributed by atoms with Crippen LogP contribution in [0.4, 0.5) is 0 Å². The van der Waals surface area contributed by atoms with Crippen LogP contribution in [0.15, 0.2) is 91.0 Å². The van der Waals surface area contributed by atoms with Gasteiger partial charge >= 0.3 is 273 Å². The van der Waals surface area contributed by atoms with Gasteiger partial charge in [-0.2, -0.15) is 0 Å². The van der Waals surface area contributed by atoms with Gasteiger partial charge in [-0.25, -0.2) is 0 Å². The molecule has 3 heteroatoms. The maximum absolute atomic E-state index is 2.59. The van der Waals surface area contributed by atoms with Gasteiger partial charge in [0.25, 0.3) is 0 Å². The summed E-state index contributed by atoms with van der Waals surface area (Å²) in [4.78, 5) is 0. The first kappa shape index (κ1) is 39.4. The topological polar surface area (TPSA) is 0 Å². The zero-order valence-corrected chi connectivity index (χ0v) is 35.8. The molecule has 0 aliphatic rings. The summed E-state index contributed by atoms with van der Waals surface area (Å²) >= 11 is -5.02. The molecule has 0 heterocycles. The molecule has 0 N–H and O–H groups in total. The van der Waals surface area contributed by atoms with E-state index in [2.05, 4.69) is 191 Å². The Hall–Kier alpha value is -0.665. The van der Waals surface area contributed by atoms with E-state index in [4.69, 9.17) is 0 Å². The van der Waals surface area contributed by atoms with Crippen molar-refractivity contribution in [2.75, 3.05) is 0 Å². The monoisotopic (exact) mass is 759 g/mol. The van der Waals surface area contributed by atoms with Gasteiger partial charge < -0.3 is 0 Å². The van der Waals surface area contributed by atoms with Crippen molar-refractivity contribution >= 4 is 53.7 Å². The standard InChI is InChI=1S/C22H24As.C10H24As.C7H18As/c1-22(2,3)23(19-13-7-4-8-14-19,20-15-9-5-10-16-20)21-17-11-6-12-18-21;1-7-11(8-2,9-3)10(4,5)6;1-7(2,3)8(4,5)6/h4-18H,1-3H3;7-9H2,1-6H3;1-6H3/q3*+1. The molecule has 0 aliphatic carbocycles. The van der Waals surface area contributed by atoms with Gasteiger partial charge in [-0.15, -0.1) is 0 Å². The van der Waals surface area contributed by atoms with E-state index in [0.29, 0.717) is 8.41 Å². The summed E-state index contributed by atoms with van der Waals surface area (Å²) in [5.41, 5.74) is 7.33. The van der Waals surface area contributed by atoms with E-state index in [1.54, 1.807) is 0 Å². The Morgan fingerprint density at radius 1 is 0.405 bits per heavy atom. The molecule has 3 aromatic rings. The quantitative estimate of drug-likeness (QED) is 0.220. The van der Waals surface area contributed by atoms with Crippen molar-refractivity contribution in [3.05, 3.63) is 91.0 Å². The second kappa shape index (κ2) is 16.1. The van der Waals surface area contributed by atoms with Crippen LogP contribution in [0.3, 0.4) is 0 Å². The molecule has 0 bridgehead atoms. The fraction of sp³-hybridized carbons (Fsp3) is 0.538. The molecule has 0 nitrogen and oxygen atoms in total. The molecule has 0 unspecified atom stereocenters. The minimum atomic E-state index is -2.59. The van der Waals surface area contributed by atoms with Crippen molar-refractivity contribution in [2.45, 2.75) is 128 Å². The van der Waals surface area contributed by atoms with E-state index < -0.39 is 40.7 Å². The molecule has 0 aliphatic heterocycles. The first-order valence-corrected chi connectivity index (χ1v) is 31.2. The Balaban J connectivity index is 0.000000387. The van der Waals surface area contributed by atoms with Crippen molar-refractivity contribution in [3.63, 3.8) is 0 Å². The molecule has 0 fully saturated rings. The summed E-state index contributed by atoms with van der Waals surface area (Å²) < 4.78 is 5.97. The molecule has 0 atom stereocenters. The Morgan fingerprint density at radius 3 is 0.762 bits per heavy atom. The molecule has 0 spiro atoms. The van der Waals surface area contributed by atoms with Crippen LogP contribution in [0, 0.1) is 0 Å². The zero-order valence-electron chi connectivity index (χ0n) is 30.1. The summed E-state index contributed by atoms with van der Waals surface area (Å²) in [5.74, 6) is 0. The van der Waals surface area contributed by atoms with Crippen LogP contribution in [0.1, 0.15) is 83.1 Å². The summed E-state index contributed by atoms with van der Waals surface area (Å²) in [7, 11) is 0.